The molecule has 0 amide bonds. The fourth-order valence-electron chi connectivity index (χ4n) is 1.74. The molecule has 4 nitrogen and oxygen atoms in total. The number of thiophene rings is 1. The molecule has 0 radical (unpaired) electrons. The van der Waals surface area contributed by atoms with Crippen LogP contribution in [-0.4, -0.2) is 21.6 Å². The molecular weight excluding hydrogens is 234 g/mol. The molecule has 2 N–H and O–H groups in total. The normalized spacial score (nSPS) is 11.1. The maximum Gasteiger partial charge on any atom is 0.157 e. The van der Waals surface area contributed by atoms with Gasteiger partial charge in [0.1, 0.15) is 17.3 Å². The van der Waals surface area contributed by atoms with Crippen molar-refractivity contribution >= 4 is 27.4 Å². The van der Waals surface area contributed by atoms with Crippen LogP contribution in [0.25, 0.3) is 10.2 Å². The van der Waals surface area contributed by atoms with E-state index in [0.29, 0.717) is 5.82 Å². The van der Waals surface area contributed by atoms with Crippen molar-refractivity contribution in [3.8, 4) is 0 Å². The fraction of sp³-hybridized carbons (Fsp3) is 0.500. The molecule has 5 heteroatoms. The zero-order valence-corrected chi connectivity index (χ0v) is 11.2. The van der Waals surface area contributed by atoms with Gasteiger partial charge in [0.15, 0.2) is 5.82 Å². The molecule has 2 heterocycles. The van der Waals surface area contributed by atoms with Crippen molar-refractivity contribution in [2.24, 2.45) is 0 Å². The van der Waals surface area contributed by atoms with Crippen LogP contribution in [0, 0.1) is 13.8 Å². The van der Waals surface area contributed by atoms with Gasteiger partial charge in [-0.05, 0) is 25.8 Å². The molecule has 2 aromatic rings. The van der Waals surface area contributed by atoms with Crippen LogP contribution in [0.3, 0.4) is 0 Å². The van der Waals surface area contributed by atoms with E-state index in [9.17, 15) is 5.11 Å². The van der Waals surface area contributed by atoms with Crippen molar-refractivity contribution in [2.45, 2.75) is 33.8 Å². The van der Waals surface area contributed by atoms with E-state index in [1.807, 2.05) is 0 Å². The summed E-state index contributed by atoms with van der Waals surface area (Å²) in [7, 11) is 0. The molecule has 2 aromatic heterocycles. The predicted molar refractivity (Wildman–Crippen MR) is 71.6 cm³/mol. The molecular formula is C12H17N3OS. The van der Waals surface area contributed by atoms with Gasteiger partial charge in [0.25, 0.3) is 0 Å². The first kappa shape index (κ1) is 12.3. The largest absolute Gasteiger partial charge is 0.388 e. The SMILES string of the molecule is CCCNc1nc(CO)nc2sc(C)c(C)c12. The second kappa shape index (κ2) is 4.98. The van der Waals surface area contributed by atoms with E-state index in [-0.39, 0.29) is 6.61 Å². The smallest absolute Gasteiger partial charge is 0.157 e. The highest BCUT2D eigenvalue weighted by Gasteiger charge is 2.13. The Hall–Kier alpha value is -1.20. The Morgan fingerprint density at radius 1 is 1.29 bits per heavy atom. The van der Waals surface area contributed by atoms with Crippen LogP contribution >= 0.6 is 11.3 Å². The van der Waals surface area contributed by atoms with Crippen molar-refractivity contribution < 1.29 is 5.11 Å². The van der Waals surface area contributed by atoms with Gasteiger partial charge in [-0.15, -0.1) is 11.3 Å². The average molecular weight is 251 g/mol. The monoisotopic (exact) mass is 251 g/mol. The molecule has 0 aliphatic rings. The van der Waals surface area contributed by atoms with Crippen LogP contribution in [0.2, 0.25) is 0 Å². The Morgan fingerprint density at radius 3 is 2.71 bits per heavy atom. The number of hydrogen-bond acceptors (Lipinski definition) is 5. The molecule has 0 fully saturated rings. The highest BCUT2D eigenvalue weighted by molar-refractivity contribution is 7.18. The topological polar surface area (TPSA) is 58.0 Å². The molecule has 2 rings (SSSR count). The molecule has 0 spiro atoms. The predicted octanol–water partition coefficient (Wildman–Crippen LogP) is 2.62. The molecule has 0 bridgehead atoms. The van der Waals surface area contributed by atoms with Crippen LogP contribution in [0.5, 0.6) is 0 Å². The molecule has 17 heavy (non-hydrogen) atoms. The van der Waals surface area contributed by atoms with Crippen molar-refractivity contribution in [1.82, 2.24) is 9.97 Å². The highest BCUT2D eigenvalue weighted by atomic mass is 32.1. The van der Waals surface area contributed by atoms with Gasteiger partial charge in [0.05, 0.1) is 5.39 Å². The molecule has 0 aliphatic carbocycles. The zero-order valence-electron chi connectivity index (χ0n) is 10.4. The minimum atomic E-state index is -0.118. The number of aryl methyl sites for hydroxylation is 2. The number of hydrogen-bond donors (Lipinski definition) is 2. The number of aliphatic hydroxyl groups excluding tert-OH is 1. The van der Waals surface area contributed by atoms with Crippen molar-refractivity contribution in [3.63, 3.8) is 0 Å². The summed E-state index contributed by atoms with van der Waals surface area (Å²) in [6.45, 7) is 7.05. The van der Waals surface area contributed by atoms with Gasteiger partial charge in [0.2, 0.25) is 0 Å². The fourth-order valence-corrected chi connectivity index (χ4v) is 2.78. The molecule has 0 saturated carbocycles. The van der Waals surface area contributed by atoms with E-state index < -0.39 is 0 Å². The van der Waals surface area contributed by atoms with Gasteiger partial charge < -0.3 is 10.4 Å². The lowest BCUT2D eigenvalue weighted by Gasteiger charge is -2.07. The number of fused-ring (bicyclic) bond motifs is 1. The van der Waals surface area contributed by atoms with E-state index in [4.69, 9.17) is 0 Å². The van der Waals surface area contributed by atoms with E-state index in [0.717, 1.165) is 29.0 Å². The van der Waals surface area contributed by atoms with E-state index in [1.165, 1.54) is 10.4 Å². The summed E-state index contributed by atoms with van der Waals surface area (Å²) in [4.78, 5) is 10.9. The second-order valence-electron chi connectivity index (χ2n) is 4.04. The minimum Gasteiger partial charge on any atom is -0.388 e. The average Bonchev–Trinajstić information content (AvgIpc) is 2.62. The van der Waals surface area contributed by atoms with Gasteiger partial charge in [-0.2, -0.15) is 0 Å². The first-order valence-electron chi connectivity index (χ1n) is 5.78. The summed E-state index contributed by atoms with van der Waals surface area (Å²) in [6.07, 6.45) is 1.04. The molecule has 0 aromatic carbocycles. The van der Waals surface area contributed by atoms with E-state index in [2.05, 4.69) is 36.1 Å². The number of nitrogens with one attached hydrogen (secondary N) is 1. The Balaban J connectivity index is 2.59. The zero-order chi connectivity index (χ0) is 12.4. The summed E-state index contributed by atoms with van der Waals surface area (Å²) < 4.78 is 0. The van der Waals surface area contributed by atoms with Crippen LogP contribution in [-0.2, 0) is 6.61 Å². The maximum absolute atomic E-state index is 9.17. The van der Waals surface area contributed by atoms with Crippen molar-refractivity contribution in [3.05, 3.63) is 16.3 Å². The third-order valence-corrected chi connectivity index (χ3v) is 3.86. The first-order chi connectivity index (χ1) is 8.17. The molecule has 92 valence electrons. The van der Waals surface area contributed by atoms with Crippen LogP contribution in [0.1, 0.15) is 29.6 Å². The lowest BCUT2D eigenvalue weighted by molar-refractivity contribution is 0.272. The quantitative estimate of drug-likeness (QED) is 0.877. The number of anilines is 1. The Morgan fingerprint density at radius 2 is 2.06 bits per heavy atom. The van der Waals surface area contributed by atoms with Crippen LogP contribution in [0.4, 0.5) is 5.82 Å². The van der Waals surface area contributed by atoms with Gasteiger partial charge in [0, 0.05) is 11.4 Å². The Labute approximate surface area is 105 Å². The van der Waals surface area contributed by atoms with Crippen molar-refractivity contribution in [2.75, 3.05) is 11.9 Å². The summed E-state index contributed by atoms with van der Waals surface area (Å²) in [6, 6.07) is 0. The third-order valence-electron chi connectivity index (χ3n) is 2.76. The van der Waals surface area contributed by atoms with Crippen molar-refractivity contribution in [1.29, 1.82) is 0 Å². The molecule has 0 aliphatic heterocycles. The minimum absolute atomic E-state index is 0.118. The molecule has 0 saturated heterocycles. The van der Waals surface area contributed by atoms with Gasteiger partial charge in [-0.25, -0.2) is 9.97 Å². The summed E-state index contributed by atoms with van der Waals surface area (Å²) >= 11 is 1.65. The highest BCUT2D eigenvalue weighted by Crippen LogP contribution is 2.33. The number of nitrogens with zero attached hydrogens (tertiary/aromatic N) is 2. The van der Waals surface area contributed by atoms with Gasteiger partial charge >= 0.3 is 0 Å². The van der Waals surface area contributed by atoms with E-state index in [1.54, 1.807) is 11.3 Å². The maximum atomic E-state index is 9.17. The lowest BCUT2D eigenvalue weighted by atomic mass is 10.2. The molecule has 0 unspecified atom stereocenters. The molecule has 0 atom stereocenters. The number of rotatable bonds is 4. The standard InChI is InChI=1S/C12H17N3OS/c1-4-5-13-11-10-7(2)8(3)17-12(10)15-9(6-16)14-11/h16H,4-6H2,1-3H3,(H,13,14,15). The Kier molecular flexibility index (Phi) is 3.59. The summed E-state index contributed by atoms with van der Waals surface area (Å²) in [5.41, 5.74) is 1.23. The lowest BCUT2D eigenvalue weighted by Crippen LogP contribution is -2.05. The van der Waals surface area contributed by atoms with E-state index >= 15 is 0 Å². The number of aromatic nitrogens is 2. The Bertz CT molecular complexity index is 536. The van der Waals surface area contributed by atoms with Gasteiger partial charge in [-0.3, -0.25) is 0 Å². The summed E-state index contributed by atoms with van der Waals surface area (Å²) in [5, 5.41) is 13.6. The van der Waals surface area contributed by atoms with Crippen LogP contribution < -0.4 is 5.32 Å². The van der Waals surface area contributed by atoms with Crippen LogP contribution in [0.15, 0.2) is 0 Å². The first-order valence-corrected chi connectivity index (χ1v) is 6.60. The van der Waals surface area contributed by atoms with Gasteiger partial charge in [-0.1, -0.05) is 6.92 Å². The number of aliphatic hydroxyl groups is 1. The second-order valence-corrected chi connectivity index (χ2v) is 5.24. The third kappa shape index (κ3) is 2.25. The summed E-state index contributed by atoms with van der Waals surface area (Å²) in [5.74, 6) is 1.33.